The van der Waals surface area contributed by atoms with Gasteiger partial charge in [0.1, 0.15) is 0 Å². The van der Waals surface area contributed by atoms with Crippen molar-refractivity contribution in [2.75, 3.05) is 23.8 Å². The van der Waals surface area contributed by atoms with Gasteiger partial charge in [-0.05, 0) is 71.1 Å². The summed E-state index contributed by atoms with van der Waals surface area (Å²) in [5.74, 6) is 0. The third-order valence-electron chi connectivity index (χ3n) is 6.23. The first kappa shape index (κ1) is 25.2. The highest BCUT2D eigenvalue weighted by Gasteiger charge is 2.40. The van der Waals surface area contributed by atoms with Crippen molar-refractivity contribution in [3.05, 3.63) is 40.6 Å². The molecular weight excluding hydrogens is 357 g/mol. The second-order valence-corrected chi connectivity index (χ2v) is 13.5. The van der Waals surface area contributed by atoms with Crippen LogP contribution >= 0.6 is 7.26 Å². The summed E-state index contributed by atoms with van der Waals surface area (Å²) in [7, 11) is -0.943. The summed E-state index contributed by atoms with van der Waals surface area (Å²) in [5.41, 5.74) is 7.39. The second kappa shape index (κ2) is 12.7. The summed E-state index contributed by atoms with van der Waals surface area (Å²) < 4.78 is 0. The van der Waals surface area contributed by atoms with Crippen molar-refractivity contribution in [1.82, 2.24) is 0 Å². The van der Waals surface area contributed by atoms with Crippen molar-refractivity contribution in [2.45, 2.75) is 99.6 Å². The van der Waals surface area contributed by atoms with Crippen LogP contribution in [0.4, 0.5) is 5.69 Å². The van der Waals surface area contributed by atoms with Gasteiger partial charge in [-0.15, -0.1) is 0 Å². The van der Waals surface area contributed by atoms with Gasteiger partial charge < -0.3 is 5.32 Å². The number of rotatable bonds is 13. The van der Waals surface area contributed by atoms with Gasteiger partial charge in [0.15, 0.2) is 0 Å². The van der Waals surface area contributed by atoms with E-state index in [1.54, 1.807) is 0 Å². The first-order valence-corrected chi connectivity index (χ1v) is 14.1. The van der Waals surface area contributed by atoms with Gasteiger partial charge in [-0.3, -0.25) is 0 Å². The number of hydrogen-bond donors (Lipinski definition) is 1. The van der Waals surface area contributed by atoms with Crippen LogP contribution in [0.1, 0.15) is 89.8 Å². The number of unbranched alkanes of at least 4 members (excludes halogenated alkanes) is 3. The monoisotopic (exact) mass is 404 g/mol. The molecule has 0 saturated heterocycles. The number of nitrogens with one attached hydrogen (secondary N) is 1. The third kappa shape index (κ3) is 7.55. The minimum Gasteiger partial charge on any atom is -0.359 e. The lowest BCUT2D eigenvalue weighted by molar-refractivity contribution is 0.825. The van der Waals surface area contributed by atoms with E-state index < -0.39 is 7.26 Å². The summed E-state index contributed by atoms with van der Waals surface area (Å²) in [6, 6.07) is 4.57. The Labute approximate surface area is 177 Å². The van der Waals surface area contributed by atoms with Gasteiger partial charge >= 0.3 is 0 Å². The van der Waals surface area contributed by atoms with Crippen LogP contribution in [0.2, 0.25) is 0 Å². The molecule has 1 unspecified atom stereocenters. The van der Waals surface area contributed by atoms with Crippen LogP contribution in [-0.4, -0.2) is 24.1 Å². The van der Waals surface area contributed by atoms with Crippen LogP contribution in [-0.2, 0) is 0 Å². The van der Waals surface area contributed by atoms with Crippen LogP contribution in [0.5, 0.6) is 0 Å². The largest absolute Gasteiger partial charge is 0.359 e. The lowest BCUT2D eigenvalue weighted by atomic mass is 10.0. The number of allylic oxidation sites excluding steroid dienone is 2. The molecule has 0 heterocycles. The fourth-order valence-electron chi connectivity index (χ4n) is 4.50. The van der Waals surface area contributed by atoms with E-state index in [0.29, 0.717) is 0 Å². The maximum atomic E-state index is 3.76. The summed E-state index contributed by atoms with van der Waals surface area (Å²) >= 11 is 0. The van der Waals surface area contributed by atoms with E-state index in [2.05, 4.69) is 78.9 Å². The second-order valence-electron chi connectivity index (χ2n) is 8.94. The van der Waals surface area contributed by atoms with Gasteiger partial charge in [-0.25, -0.2) is 0 Å². The SMILES string of the molecule is CCCC[P+](CCCC)(CCCC)C(C)/C=C(\C)Nc1c(C)cc(C)cc1C. The normalized spacial score (nSPS) is 13.6. The fourth-order valence-corrected chi connectivity index (χ4v) is 9.77. The Bertz CT molecular complexity index is 572. The third-order valence-corrected chi connectivity index (χ3v) is 11.7. The molecule has 0 bridgehead atoms. The first-order chi connectivity index (χ1) is 13.3. The van der Waals surface area contributed by atoms with Crippen molar-refractivity contribution in [3.8, 4) is 0 Å². The highest BCUT2D eigenvalue weighted by Crippen LogP contribution is 2.65. The lowest BCUT2D eigenvalue weighted by Crippen LogP contribution is -2.19. The van der Waals surface area contributed by atoms with Gasteiger partial charge in [-0.1, -0.05) is 57.7 Å². The number of hydrogen-bond acceptors (Lipinski definition) is 1. The molecule has 0 fully saturated rings. The highest BCUT2D eigenvalue weighted by molar-refractivity contribution is 7.76. The molecule has 0 spiro atoms. The molecule has 0 aromatic heterocycles. The zero-order valence-corrected chi connectivity index (χ0v) is 21.0. The van der Waals surface area contributed by atoms with Crippen molar-refractivity contribution in [3.63, 3.8) is 0 Å². The van der Waals surface area contributed by atoms with Gasteiger partial charge in [0.25, 0.3) is 0 Å². The van der Waals surface area contributed by atoms with Gasteiger partial charge in [0, 0.05) is 18.6 Å². The Balaban J connectivity index is 3.09. The topological polar surface area (TPSA) is 12.0 Å². The summed E-state index contributed by atoms with van der Waals surface area (Å²) in [6.07, 6.45) is 15.2. The van der Waals surface area contributed by atoms with E-state index in [1.807, 2.05) is 0 Å². The molecule has 0 aliphatic heterocycles. The average Bonchev–Trinajstić information content (AvgIpc) is 2.64. The highest BCUT2D eigenvalue weighted by atomic mass is 31.2. The molecule has 0 aliphatic carbocycles. The summed E-state index contributed by atoms with van der Waals surface area (Å²) in [4.78, 5) is 0. The fraction of sp³-hybridized carbons (Fsp3) is 0.692. The van der Waals surface area contributed by atoms with Crippen LogP contribution in [0.3, 0.4) is 0 Å². The quantitative estimate of drug-likeness (QED) is 0.324. The van der Waals surface area contributed by atoms with Crippen molar-refractivity contribution < 1.29 is 0 Å². The smallest absolute Gasteiger partial charge is 0.0867 e. The first-order valence-electron chi connectivity index (χ1n) is 11.7. The Hall–Kier alpha value is -0.810. The van der Waals surface area contributed by atoms with Crippen LogP contribution in [0.25, 0.3) is 0 Å². The maximum absolute atomic E-state index is 3.76. The van der Waals surface area contributed by atoms with Crippen molar-refractivity contribution in [1.29, 1.82) is 0 Å². The minimum atomic E-state index is -0.943. The minimum absolute atomic E-state index is 0.718. The standard InChI is InChI=1S/C26H47NP/c1-9-12-15-28(16-13-10-2,17-14-11-3)25(8)20-24(7)27-26-22(5)18-21(4)19-23(26)6/h18-20,25,27H,9-17H2,1-8H3/q+1/b24-20+. The van der Waals surface area contributed by atoms with E-state index in [1.165, 1.54) is 85.1 Å². The Morgan fingerprint density at radius 1 is 0.893 bits per heavy atom. The molecule has 1 N–H and O–H groups in total. The Morgan fingerprint density at radius 2 is 1.32 bits per heavy atom. The predicted octanol–water partition coefficient (Wildman–Crippen LogP) is 8.73. The van der Waals surface area contributed by atoms with Crippen LogP contribution in [0, 0.1) is 20.8 Å². The number of anilines is 1. The Morgan fingerprint density at radius 3 is 1.71 bits per heavy atom. The van der Waals surface area contributed by atoms with E-state index in [9.17, 15) is 0 Å². The van der Waals surface area contributed by atoms with E-state index in [0.717, 1.165) is 5.66 Å². The number of aryl methyl sites for hydroxylation is 3. The lowest BCUT2D eigenvalue weighted by Gasteiger charge is -2.32. The van der Waals surface area contributed by atoms with Crippen LogP contribution < -0.4 is 5.32 Å². The van der Waals surface area contributed by atoms with Crippen molar-refractivity contribution >= 4 is 12.9 Å². The Kier molecular flexibility index (Phi) is 11.4. The van der Waals surface area contributed by atoms with E-state index in [-0.39, 0.29) is 0 Å². The van der Waals surface area contributed by atoms with E-state index in [4.69, 9.17) is 0 Å². The molecule has 2 heteroatoms. The zero-order chi connectivity index (χ0) is 21.2. The average molecular weight is 405 g/mol. The van der Waals surface area contributed by atoms with Gasteiger partial charge in [-0.2, -0.15) is 0 Å². The molecule has 1 atom stereocenters. The summed E-state index contributed by atoms with van der Waals surface area (Å²) in [6.45, 7) is 18.5. The molecular formula is C26H47NP+. The molecule has 0 radical (unpaired) electrons. The molecule has 0 aliphatic rings. The molecule has 1 aromatic rings. The van der Waals surface area contributed by atoms with Gasteiger partial charge in [0.2, 0.25) is 0 Å². The van der Waals surface area contributed by atoms with Crippen molar-refractivity contribution in [2.24, 2.45) is 0 Å². The van der Waals surface area contributed by atoms with Crippen LogP contribution in [0.15, 0.2) is 23.9 Å². The maximum Gasteiger partial charge on any atom is 0.0867 e. The molecule has 0 saturated carbocycles. The summed E-state index contributed by atoms with van der Waals surface area (Å²) in [5, 5.41) is 3.76. The zero-order valence-electron chi connectivity index (χ0n) is 20.1. The number of benzene rings is 1. The predicted molar refractivity (Wildman–Crippen MR) is 134 cm³/mol. The molecule has 1 rings (SSSR count). The molecule has 160 valence electrons. The molecule has 28 heavy (non-hydrogen) atoms. The molecule has 1 aromatic carbocycles. The molecule has 1 nitrogen and oxygen atoms in total. The van der Waals surface area contributed by atoms with E-state index >= 15 is 0 Å². The van der Waals surface area contributed by atoms with Gasteiger partial charge in [0.05, 0.1) is 24.1 Å². The molecule has 0 amide bonds.